The molecular formula is C8H16O8. The highest BCUT2D eigenvalue weighted by atomic mass is 16.6. The molecule has 4 atom stereocenters. The average Bonchev–Trinajstić information content (AvgIpc) is 2.30. The van der Waals surface area contributed by atoms with Crippen LogP contribution in [0.25, 0.3) is 0 Å². The van der Waals surface area contributed by atoms with Gasteiger partial charge in [0.05, 0.1) is 6.61 Å². The number of aliphatic hydroxyl groups excluding tert-OH is 7. The molecule has 0 aliphatic heterocycles. The maximum absolute atomic E-state index is 9.60. The van der Waals surface area contributed by atoms with Crippen LogP contribution in [0.5, 0.6) is 0 Å². The van der Waals surface area contributed by atoms with Crippen LogP contribution in [-0.2, 0) is 4.74 Å². The Hall–Kier alpha value is -0.320. The van der Waals surface area contributed by atoms with E-state index in [4.69, 9.17) is 10.2 Å². The molecule has 96 valence electrons. The summed E-state index contributed by atoms with van der Waals surface area (Å²) in [6.45, 7) is -1.89. The highest BCUT2D eigenvalue weighted by molar-refractivity contribution is 5.09. The van der Waals surface area contributed by atoms with Crippen LogP contribution in [0.15, 0.2) is 0 Å². The predicted molar refractivity (Wildman–Crippen MR) is 48.0 cm³/mol. The van der Waals surface area contributed by atoms with Gasteiger partial charge in [-0.2, -0.15) is 0 Å². The van der Waals surface area contributed by atoms with Gasteiger partial charge < -0.3 is 40.5 Å². The van der Waals surface area contributed by atoms with E-state index in [-0.39, 0.29) is 0 Å². The fourth-order valence-corrected chi connectivity index (χ4v) is 1.85. The van der Waals surface area contributed by atoms with Gasteiger partial charge in [-0.3, -0.25) is 0 Å². The normalized spacial score (nSPS) is 49.3. The molecule has 1 fully saturated rings. The third kappa shape index (κ3) is 1.83. The largest absolute Gasteiger partial charge is 0.393 e. The Bertz CT molecular complexity index is 218. The Labute approximate surface area is 91.0 Å². The van der Waals surface area contributed by atoms with E-state index in [1.807, 2.05) is 0 Å². The summed E-state index contributed by atoms with van der Waals surface area (Å²) >= 11 is 0. The summed E-state index contributed by atoms with van der Waals surface area (Å²) in [6, 6.07) is 0. The van der Waals surface area contributed by atoms with Crippen LogP contribution in [0, 0.1) is 0 Å². The first kappa shape index (κ1) is 13.7. The highest BCUT2D eigenvalue weighted by Crippen LogP contribution is 2.33. The fraction of sp³-hybridized carbons (Fsp3) is 1.00. The van der Waals surface area contributed by atoms with Gasteiger partial charge in [0.15, 0.2) is 5.60 Å². The Kier molecular flexibility index (Phi) is 4.21. The summed E-state index contributed by atoms with van der Waals surface area (Å²) in [5.41, 5.74) is -2.13. The van der Waals surface area contributed by atoms with Crippen molar-refractivity contribution in [3.05, 3.63) is 0 Å². The molecule has 16 heavy (non-hydrogen) atoms. The van der Waals surface area contributed by atoms with Crippen molar-refractivity contribution in [2.24, 2.45) is 0 Å². The van der Waals surface area contributed by atoms with E-state index in [9.17, 15) is 25.5 Å². The molecule has 7 N–H and O–H groups in total. The smallest absolute Gasteiger partial charge is 0.151 e. The molecule has 4 unspecified atom stereocenters. The van der Waals surface area contributed by atoms with Gasteiger partial charge in [0.25, 0.3) is 0 Å². The molecule has 0 bridgehead atoms. The van der Waals surface area contributed by atoms with Crippen molar-refractivity contribution in [3.63, 3.8) is 0 Å². The zero-order chi connectivity index (χ0) is 12.5. The van der Waals surface area contributed by atoms with Crippen LogP contribution in [-0.4, -0.2) is 85.3 Å². The summed E-state index contributed by atoms with van der Waals surface area (Å²) < 4.78 is 4.61. The van der Waals surface area contributed by atoms with Gasteiger partial charge in [-0.05, 0) is 0 Å². The second kappa shape index (κ2) is 4.90. The molecule has 0 amide bonds. The van der Waals surface area contributed by atoms with Gasteiger partial charge in [-0.1, -0.05) is 0 Å². The topological polar surface area (TPSA) is 151 Å². The number of aliphatic hydroxyl groups is 7. The summed E-state index contributed by atoms with van der Waals surface area (Å²) in [5.74, 6) is 0. The number of hydrogen-bond donors (Lipinski definition) is 7. The maximum atomic E-state index is 9.60. The van der Waals surface area contributed by atoms with Crippen molar-refractivity contribution in [2.75, 3.05) is 13.4 Å². The number of hydrogen-bond acceptors (Lipinski definition) is 8. The van der Waals surface area contributed by atoms with Crippen LogP contribution in [0.4, 0.5) is 0 Å². The van der Waals surface area contributed by atoms with E-state index in [0.717, 1.165) is 0 Å². The van der Waals surface area contributed by atoms with E-state index in [2.05, 4.69) is 4.74 Å². The lowest BCUT2D eigenvalue weighted by Crippen LogP contribution is -2.73. The third-order valence-electron chi connectivity index (χ3n) is 2.93. The van der Waals surface area contributed by atoms with E-state index in [1.54, 1.807) is 0 Å². The second-order valence-electron chi connectivity index (χ2n) is 3.75. The first-order valence-electron chi connectivity index (χ1n) is 4.68. The first-order chi connectivity index (χ1) is 7.42. The summed E-state index contributed by atoms with van der Waals surface area (Å²) in [6.07, 6.45) is -9.09. The lowest BCUT2D eigenvalue weighted by Gasteiger charge is -2.49. The SMILES string of the molecule is OCOC1(CO)C(O)C(O)C(O)C(O)C1O. The average molecular weight is 240 g/mol. The third-order valence-corrected chi connectivity index (χ3v) is 2.93. The molecule has 0 aromatic carbocycles. The molecule has 8 heteroatoms. The molecular weight excluding hydrogens is 224 g/mol. The van der Waals surface area contributed by atoms with E-state index >= 15 is 0 Å². The number of rotatable bonds is 3. The van der Waals surface area contributed by atoms with Crippen LogP contribution < -0.4 is 0 Å². The summed E-state index contributed by atoms with van der Waals surface area (Å²) in [4.78, 5) is 0. The van der Waals surface area contributed by atoms with Gasteiger partial charge in [0, 0.05) is 0 Å². The van der Waals surface area contributed by atoms with Gasteiger partial charge >= 0.3 is 0 Å². The van der Waals surface area contributed by atoms with Gasteiger partial charge in [0.2, 0.25) is 0 Å². The summed E-state index contributed by atoms with van der Waals surface area (Å²) in [7, 11) is 0. The number of ether oxygens (including phenoxy) is 1. The van der Waals surface area contributed by atoms with Crippen molar-refractivity contribution in [2.45, 2.75) is 36.1 Å². The van der Waals surface area contributed by atoms with Gasteiger partial charge in [-0.25, -0.2) is 0 Å². The van der Waals surface area contributed by atoms with E-state index in [1.165, 1.54) is 0 Å². The van der Waals surface area contributed by atoms with Crippen molar-refractivity contribution >= 4 is 0 Å². The first-order valence-corrected chi connectivity index (χ1v) is 4.68. The molecule has 0 aromatic heterocycles. The van der Waals surface area contributed by atoms with Crippen molar-refractivity contribution in [1.29, 1.82) is 0 Å². The van der Waals surface area contributed by atoms with E-state index in [0.29, 0.717) is 0 Å². The van der Waals surface area contributed by atoms with Crippen molar-refractivity contribution < 1.29 is 40.5 Å². The van der Waals surface area contributed by atoms with Crippen molar-refractivity contribution in [1.82, 2.24) is 0 Å². The lowest BCUT2D eigenvalue weighted by atomic mass is 9.75. The molecule has 1 rings (SSSR count). The molecule has 1 saturated carbocycles. The fourth-order valence-electron chi connectivity index (χ4n) is 1.85. The molecule has 8 nitrogen and oxygen atoms in total. The quantitative estimate of drug-likeness (QED) is 0.244. The van der Waals surface area contributed by atoms with E-state index < -0.39 is 49.5 Å². The Morgan fingerprint density at radius 2 is 1.25 bits per heavy atom. The highest BCUT2D eigenvalue weighted by Gasteiger charge is 2.59. The minimum atomic E-state index is -2.13. The molecule has 1 aliphatic rings. The van der Waals surface area contributed by atoms with Crippen molar-refractivity contribution in [3.8, 4) is 0 Å². The molecule has 1 aliphatic carbocycles. The second-order valence-corrected chi connectivity index (χ2v) is 3.75. The maximum Gasteiger partial charge on any atom is 0.151 e. The lowest BCUT2D eigenvalue weighted by molar-refractivity contribution is -0.304. The summed E-state index contributed by atoms with van der Waals surface area (Å²) in [5, 5.41) is 64.9. The van der Waals surface area contributed by atoms with Crippen LogP contribution in [0.1, 0.15) is 0 Å². The Morgan fingerprint density at radius 1 is 0.812 bits per heavy atom. The minimum absolute atomic E-state index is 0.940. The molecule has 0 heterocycles. The molecule has 0 aromatic rings. The molecule has 0 saturated heterocycles. The van der Waals surface area contributed by atoms with Crippen LogP contribution in [0.3, 0.4) is 0 Å². The minimum Gasteiger partial charge on any atom is -0.393 e. The Morgan fingerprint density at radius 3 is 1.56 bits per heavy atom. The zero-order valence-corrected chi connectivity index (χ0v) is 8.34. The monoisotopic (exact) mass is 240 g/mol. The Balaban J connectivity index is 3.04. The van der Waals surface area contributed by atoms with Gasteiger partial charge in [0.1, 0.15) is 37.3 Å². The predicted octanol–water partition coefficient (Wildman–Crippen LogP) is -4.50. The zero-order valence-electron chi connectivity index (χ0n) is 8.34. The van der Waals surface area contributed by atoms with Gasteiger partial charge in [-0.15, -0.1) is 0 Å². The molecule has 0 radical (unpaired) electrons. The van der Waals surface area contributed by atoms with Crippen LogP contribution in [0.2, 0.25) is 0 Å². The molecule has 0 spiro atoms. The van der Waals surface area contributed by atoms with Crippen LogP contribution >= 0.6 is 0 Å². The standard InChI is InChI=1S/C8H16O8/c9-1-8(16-2-10)6(14)4(12)3(11)5(13)7(8)15/h3-7,9-15H,1-2H2.